The van der Waals surface area contributed by atoms with Crippen LogP contribution < -0.4 is 5.56 Å². The van der Waals surface area contributed by atoms with Crippen LogP contribution in [0.1, 0.15) is 37.8 Å². The van der Waals surface area contributed by atoms with Gasteiger partial charge >= 0.3 is 0 Å². The molecule has 32 heavy (non-hydrogen) atoms. The minimum atomic E-state index is 0.173. The Morgan fingerprint density at radius 1 is 1.03 bits per heavy atom. The molecule has 166 valence electrons. The average molecular weight is 448 g/mol. The molecular formula is C26H29N3O2S. The van der Waals surface area contributed by atoms with E-state index in [1.165, 1.54) is 22.2 Å². The first-order valence-electron chi connectivity index (χ1n) is 11.8. The molecule has 1 amide bonds. The van der Waals surface area contributed by atoms with Crippen molar-refractivity contribution in [2.45, 2.75) is 44.7 Å². The first kappa shape index (κ1) is 20.2. The third kappa shape index (κ3) is 3.41. The zero-order chi connectivity index (χ0) is 21.8. The van der Waals surface area contributed by atoms with Gasteiger partial charge in [0.25, 0.3) is 5.56 Å². The van der Waals surface area contributed by atoms with Crippen LogP contribution in [0.15, 0.2) is 47.3 Å². The quantitative estimate of drug-likeness (QED) is 0.593. The van der Waals surface area contributed by atoms with Gasteiger partial charge in [-0.3, -0.25) is 14.5 Å². The highest BCUT2D eigenvalue weighted by Gasteiger charge is 2.38. The van der Waals surface area contributed by atoms with Gasteiger partial charge in [0.2, 0.25) is 5.91 Å². The number of hydrogen-bond acceptors (Lipinski definition) is 4. The van der Waals surface area contributed by atoms with E-state index in [0.29, 0.717) is 17.9 Å². The molecule has 6 rings (SSSR count). The van der Waals surface area contributed by atoms with E-state index in [4.69, 9.17) is 0 Å². The van der Waals surface area contributed by atoms with Crippen molar-refractivity contribution in [3.8, 4) is 10.4 Å². The van der Waals surface area contributed by atoms with Crippen molar-refractivity contribution in [3.05, 3.63) is 58.5 Å². The minimum absolute atomic E-state index is 0.173. The Kier molecular flexibility index (Phi) is 4.95. The van der Waals surface area contributed by atoms with Crippen LogP contribution in [0.4, 0.5) is 0 Å². The van der Waals surface area contributed by atoms with E-state index in [9.17, 15) is 9.59 Å². The molecular weight excluding hydrogens is 418 g/mol. The van der Waals surface area contributed by atoms with Gasteiger partial charge in [-0.1, -0.05) is 18.2 Å². The average Bonchev–Trinajstić information content (AvgIpc) is 3.24. The van der Waals surface area contributed by atoms with E-state index < -0.39 is 0 Å². The van der Waals surface area contributed by atoms with E-state index in [1.54, 1.807) is 18.3 Å². The summed E-state index contributed by atoms with van der Waals surface area (Å²) in [5.74, 6) is 1.15. The van der Waals surface area contributed by atoms with Gasteiger partial charge in [0.1, 0.15) is 0 Å². The number of likely N-dealkylation sites (tertiary alicyclic amines) is 2. The Morgan fingerprint density at radius 3 is 2.62 bits per heavy atom. The van der Waals surface area contributed by atoms with Crippen LogP contribution in [0.5, 0.6) is 0 Å². The van der Waals surface area contributed by atoms with E-state index in [-0.39, 0.29) is 11.5 Å². The molecule has 6 heteroatoms. The molecule has 3 aliphatic rings. The number of hydrogen-bond donors (Lipinski definition) is 0. The number of nitrogens with zero attached hydrogens (tertiary/aromatic N) is 3. The minimum Gasteiger partial charge on any atom is -0.343 e. The third-order valence-electron chi connectivity index (χ3n) is 7.75. The zero-order valence-electron chi connectivity index (χ0n) is 18.5. The lowest BCUT2D eigenvalue weighted by Crippen LogP contribution is -2.53. The Morgan fingerprint density at radius 2 is 1.84 bits per heavy atom. The van der Waals surface area contributed by atoms with Crippen molar-refractivity contribution in [1.82, 2.24) is 14.4 Å². The first-order valence-corrected chi connectivity index (χ1v) is 12.6. The van der Waals surface area contributed by atoms with Crippen LogP contribution in [0, 0.1) is 5.92 Å². The maximum Gasteiger partial charge on any atom is 0.259 e. The molecule has 3 aliphatic heterocycles. The number of carbonyl (C=O) groups excluding carboxylic acids is 1. The predicted octanol–water partition coefficient (Wildman–Crippen LogP) is 4.16. The number of piperidine rings is 2. The fraction of sp³-hybridized carbons (Fsp3) is 0.462. The monoisotopic (exact) mass is 447 g/mol. The molecule has 0 saturated carbocycles. The highest BCUT2D eigenvalue weighted by atomic mass is 32.1. The smallest absolute Gasteiger partial charge is 0.259 e. The lowest BCUT2D eigenvalue weighted by molar-refractivity contribution is -0.130. The summed E-state index contributed by atoms with van der Waals surface area (Å²) >= 11 is 1.71. The Balaban J connectivity index is 1.26. The van der Waals surface area contributed by atoms with Gasteiger partial charge in [0, 0.05) is 66.9 Å². The van der Waals surface area contributed by atoms with Crippen molar-refractivity contribution in [3.63, 3.8) is 0 Å². The number of amides is 1. The second kappa shape index (κ2) is 7.85. The molecule has 0 N–H and O–H groups in total. The molecule has 2 bridgehead atoms. The maximum atomic E-state index is 13.5. The Bertz CT molecular complexity index is 1200. The summed E-state index contributed by atoms with van der Waals surface area (Å²) in [4.78, 5) is 30.9. The molecule has 2 aromatic heterocycles. The summed E-state index contributed by atoms with van der Waals surface area (Å²) < 4.78 is 3.31. The van der Waals surface area contributed by atoms with Gasteiger partial charge in [-0.15, -0.1) is 11.3 Å². The molecule has 2 fully saturated rings. The summed E-state index contributed by atoms with van der Waals surface area (Å²) in [6, 6.07) is 15.3. The molecule has 3 aromatic rings. The van der Waals surface area contributed by atoms with Crippen molar-refractivity contribution >= 4 is 27.3 Å². The molecule has 0 radical (unpaired) electrons. The van der Waals surface area contributed by atoms with Gasteiger partial charge in [0.15, 0.2) is 0 Å². The number of rotatable bonds is 2. The van der Waals surface area contributed by atoms with Crippen molar-refractivity contribution < 1.29 is 4.79 Å². The second-order valence-electron chi connectivity index (χ2n) is 9.73. The maximum absolute atomic E-state index is 13.5. The normalized spacial score (nSPS) is 24.0. The molecule has 0 unspecified atom stereocenters. The molecule has 5 nitrogen and oxygen atoms in total. The predicted molar refractivity (Wildman–Crippen MR) is 129 cm³/mol. The fourth-order valence-corrected chi connectivity index (χ4v) is 7.21. The summed E-state index contributed by atoms with van der Waals surface area (Å²) in [6.45, 7) is 6.35. The van der Waals surface area contributed by atoms with Crippen LogP contribution in [0.3, 0.4) is 0 Å². The standard InChI is InChI=1S/C26H29N3O2S/c1-17(30)27-10-8-21(9-11-27)28-14-18-12-20(16-28)23-7-6-22(26(31)29(23)15-18)25-13-19-4-2-3-5-24(19)32-25/h2-7,13,18,20-21H,8-12,14-16H2,1H3/t18-,20+/m0/s1. The topological polar surface area (TPSA) is 45.6 Å². The van der Waals surface area contributed by atoms with E-state index in [1.807, 2.05) is 4.90 Å². The highest BCUT2D eigenvalue weighted by molar-refractivity contribution is 7.22. The van der Waals surface area contributed by atoms with Crippen molar-refractivity contribution in [2.75, 3.05) is 26.2 Å². The summed E-state index contributed by atoms with van der Waals surface area (Å²) in [5.41, 5.74) is 2.22. The Labute approximate surface area is 192 Å². The number of pyridine rings is 1. The van der Waals surface area contributed by atoms with Crippen LogP contribution in [-0.4, -0.2) is 52.5 Å². The van der Waals surface area contributed by atoms with Crippen molar-refractivity contribution in [1.29, 1.82) is 0 Å². The van der Waals surface area contributed by atoms with Gasteiger partial charge in [-0.25, -0.2) is 0 Å². The summed E-state index contributed by atoms with van der Waals surface area (Å²) in [7, 11) is 0. The van der Waals surface area contributed by atoms with Crippen LogP contribution in [0.25, 0.3) is 20.5 Å². The molecule has 0 spiro atoms. The Hall–Kier alpha value is -2.44. The van der Waals surface area contributed by atoms with E-state index >= 15 is 0 Å². The number of aromatic nitrogens is 1. The molecule has 0 aliphatic carbocycles. The largest absolute Gasteiger partial charge is 0.343 e. The second-order valence-corrected chi connectivity index (χ2v) is 10.8. The fourth-order valence-electron chi connectivity index (χ4n) is 6.13. The first-order chi connectivity index (χ1) is 15.6. The number of benzene rings is 1. The SMILES string of the molecule is CC(=O)N1CCC(N2C[C@@H]3C[C@H](C2)c2ccc(-c4cc5ccccc5s4)c(=O)n2C3)CC1. The number of carbonyl (C=O) groups is 1. The lowest BCUT2D eigenvalue weighted by Gasteiger charge is -2.47. The van der Waals surface area contributed by atoms with Gasteiger partial charge in [-0.05, 0) is 54.8 Å². The summed E-state index contributed by atoms with van der Waals surface area (Å²) in [5, 5.41) is 1.21. The van der Waals surface area contributed by atoms with Crippen molar-refractivity contribution in [2.24, 2.45) is 5.92 Å². The van der Waals surface area contributed by atoms with Crippen LogP contribution in [0.2, 0.25) is 0 Å². The molecule has 2 atom stereocenters. The van der Waals surface area contributed by atoms with Crippen LogP contribution in [-0.2, 0) is 11.3 Å². The van der Waals surface area contributed by atoms with E-state index in [2.05, 4.69) is 51.9 Å². The van der Waals surface area contributed by atoms with Gasteiger partial charge in [-0.2, -0.15) is 0 Å². The van der Waals surface area contributed by atoms with Crippen LogP contribution >= 0.6 is 11.3 Å². The number of thiophene rings is 1. The van der Waals surface area contributed by atoms with E-state index in [0.717, 1.165) is 56.0 Å². The summed E-state index contributed by atoms with van der Waals surface area (Å²) in [6.07, 6.45) is 3.32. The highest BCUT2D eigenvalue weighted by Crippen LogP contribution is 2.38. The van der Waals surface area contributed by atoms with Gasteiger partial charge in [0.05, 0.1) is 5.56 Å². The molecule has 1 aromatic carbocycles. The lowest BCUT2D eigenvalue weighted by atomic mass is 9.81. The van der Waals surface area contributed by atoms with Gasteiger partial charge < -0.3 is 9.47 Å². The third-order valence-corrected chi connectivity index (χ3v) is 8.90. The molecule has 2 saturated heterocycles. The molecule has 5 heterocycles. The zero-order valence-corrected chi connectivity index (χ0v) is 19.3. The number of fused-ring (bicyclic) bond motifs is 5.